The number of hydrogen-bond donors (Lipinski definition) is 0. The number of hydrogen-bond acceptors (Lipinski definition) is 0. The molecule has 0 nitrogen and oxygen atoms in total. The van der Waals surface area contributed by atoms with E-state index in [1.807, 2.05) is 0 Å². The Bertz CT molecular complexity index is 4160. The van der Waals surface area contributed by atoms with Crippen LogP contribution in [0.1, 0.15) is 70.2 Å². The molecule has 0 unspecified atom stereocenters. The first kappa shape index (κ1) is 45.5. The largest absolute Gasteiger partial charge is 0.0836 e. The molecule has 74 heavy (non-hydrogen) atoms. The quantitative estimate of drug-likeness (QED) is 0.115. The molecule has 0 bridgehead atoms. The number of allylic oxidation sites excluding steroid dienone is 1. The molecule has 0 amide bonds. The molecule has 0 aliphatic heterocycles. The number of fused-ring (bicyclic) bond motifs is 7. The molecular formula is C74H60. The molecule has 0 heteroatoms. The SMILES string of the molecule is CC(C)(C)c1ccc(-c2c3c(c(-c4cccc(-c5ccc6ccc7ccc(-c8cccc(-c9c%10ccccc%10c(-c%10ccc(C(C)(C)C)cc%10)c%10ccccc9%10)c8)cc7c6c5)c4)c4ccccc24)CCC=C3)cc1. The van der Waals surface area contributed by atoms with E-state index in [2.05, 4.69) is 272 Å². The lowest BCUT2D eigenvalue weighted by Crippen LogP contribution is -2.10. The molecule has 12 aromatic rings. The summed E-state index contributed by atoms with van der Waals surface area (Å²) in [5, 5.41) is 12.7. The van der Waals surface area contributed by atoms with Crippen LogP contribution in [0.15, 0.2) is 224 Å². The summed E-state index contributed by atoms with van der Waals surface area (Å²) in [4.78, 5) is 0. The summed E-state index contributed by atoms with van der Waals surface area (Å²) in [5.74, 6) is 0. The zero-order valence-corrected chi connectivity index (χ0v) is 43.4. The van der Waals surface area contributed by atoms with Crippen LogP contribution >= 0.6 is 0 Å². The maximum Gasteiger partial charge on any atom is -0.00262 e. The smallest absolute Gasteiger partial charge is 0.00262 e. The molecule has 0 saturated heterocycles. The van der Waals surface area contributed by atoms with E-state index in [1.165, 1.54) is 143 Å². The van der Waals surface area contributed by atoms with E-state index in [0.717, 1.165) is 12.8 Å². The molecule has 0 heterocycles. The van der Waals surface area contributed by atoms with Crippen LogP contribution in [0.2, 0.25) is 0 Å². The molecule has 0 N–H and O–H groups in total. The molecule has 356 valence electrons. The molecule has 0 fully saturated rings. The summed E-state index contributed by atoms with van der Waals surface area (Å²) < 4.78 is 0. The Morgan fingerprint density at radius 1 is 0.284 bits per heavy atom. The normalized spacial score (nSPS) is 12.8. The van der Waals surface area contributed by atoms with E-state index < -0.39 is 0 Å². The van der Waals surface area contributed by atoms with Crippen LogP contribution in [0.25, 0.3) is 127 Å². The van der Waals surface area contributed by atoms with Crippen molar-refractivity contribution in [1.82, 2.24) is 0 Å². The van der Waals surface area contributed by atoms with E-state index in [1.54, 1.807) is 0 Å². The van der Waals surface area contributed by atoms with Crippen LogP contribution in [0.3, 0.4) is 0 Å². The number of benzene rings is 12. The number of rotatable bonds is 6. The fraction of sp³-hybridized carbons (Fsp3) is 0.135. The zero-order chi connectivity index (χ0) is 50.3. The van der Waals surface area contributed by atoms with Crippen molar-refractivity contribution in [3.8, 4) is 66.8 Å². The Morgan fingerprint density at radius 3 is 1.09 bits per heavy atom. The topological polar surface area (TPSA) is 0 Å². The Hall–Kier alpha value is -8.32. The van der Waals surface area contributed by atoms with Crippen LogP contribution in [0.4, 0.5) is 0 Å². The van der Waals surface area contributed by atoms with Crippen molar-refractivity contribution in [2.75, 3.05) is 0 Å². The van der Waals surface area contributed by atoms with E-state index in [9.17, 15) is 0 Å². The Balaban J connectivity index is 0.903. The second-order valence-electron chi connectivity index (χ2n) is 22.7. The molecule has 0 radical (unpaired) electrons. The summed E-state index contributed by atoms with van der Waals surface area (Å²) in [6.45, 7) is 13.7. The zero-order valence-electron chi connectivity index (χ0n) is 43.4. The third kappa shape index (κ3) is 7.84. The van der Waals surface area contributed by atoms with Gasteiger partial charge in [0.1, 0.15) is 0 Å². The maximum absolute atomic E-state index is 2.43. The van der Waals surface area contributed by atoms with Crippen molar-refractivity contribution in [1.29, 1.82) is 0 Å². The van der Waals surface area contributed by atoms with Gasteiger partial charge in [-0.1, -0.05) is 248 Å². The Kier molecular flexibility index (Phi) is 10.9. The fourth-order valence-electron chi connectivity index (χ4n) is 12.2. The first-order valence-corrected chi connectivity index (χ1v) is 26.5. The third-order valence-corrected chi connectivity index (χ3v) is 16.0. The van der Waals surface area contributed by atoms with Crippen molar-refractivity contribution < 1.29 is 0 Å². The third-order valence-electron chi connectivity index (χ3n) is 16.0. The molecular weight excluding hydrogens is 889 g/mol. The van der Waals surface area contributed by atoms with Gasteiger partial charge in [-0.2, -0.15) is 0 Å². The minimum absolute atomic E-state index is 0.0927. The average molecular weight is 949 g/mol. The summed E-state index contributed by atoms with van der Waals surface area (Å²) in [6.07, 6.45) is 6.81. The van der Waals surface area contributed by atoms with E-state index in [0.29, 0.717) is 0 Å². The highest BCUT2D eigenvalue weighted by atomic mass is 14.3. The van der Waals surface area contributed by atoms with Gasteiger partial charge in [0.25, 0.3) is 0 Å². The molecule has 13 rings (SSSR count). The van der Waals surface area contributed by atoms with Gasteiger partial charge >= 0.3 is 0 Å². The highest BCUT2D eigenvalue weighted by Crippen LogP contribution is 2.47. The van der Waals surface area contributed by atoms with Crippen molar-refractivity contribution >= 4 is 59.9 Å². The van der Waals surface area contributed by atoms with Gasteiger partial charge in [-0.25, -0.2) is 0 Å². The second kappa shape index (κ2) is 17.7. The molecule has 0 spiro atoms. The molecule has 0 aromatic heterocycles. The van der Waals surface area contributed by atoms with Gasteiger partial charge < -0.3 is 0 Å². The molecule has 1 aliphatic carbocycles. The van der Waals surface area contributed by atoms with Crippen molar-refractivity contribution in [2.45, 2.75) is 65.2 Å². The van der Waals surface area contributed by atoms with Crippen molar-refractivity contribution in [3.05, 3.63) is 247 Å². The van der Waals surface area contributed by atoms with Crippen LogP contribution in [-0.4, -0.2) is 0 Å². The van der Waals surface area contributed by atoms with Crippen LogP contribution in [0, 0.1) is 0 Å². The van der Waals surface area contributed by atoms with Gasteiger partial charge in [-0.3, -0.25) is 0 Å². The Labute approximate surface area is 436 Å². The lowest BCUT2D eigenvalue weighted by molar-refractivity contribution is 0.590. The van der Waals surface area contributed by atoms with Gasteiger partial charge in [0, 0.05) is 0 Å². The Morgan fingerprint density at radius 2 is 0.635 bits per heavy atom. The van der Waals surface area contributed by atoms with Crippen molar-refractivity contribution in [2.24, 2.45) is 0 Å². The molecule has 0 saturated carbocycles. The van der Waals surface area contributed by atoms with Crippen LogP contribution in [-0.2, 0) is 17.3 Å². The first-order chi connectivity index (χ1) is 36.0. The van der Waals surface area contributed by atoms with E-state index in [4.69, 9.17) is 0 Å². The fourth-order valence-corrected chi connectivity index (χ4v) is 12.2. The van der Waals surface area contributed by atoms with Gasteiger partial charge in [-0.05, 0) is 191 Å². The van der Waals surface area contributed by atoms with Gasteiger partial charge in [0.2, 0.25) is 0 Å². The highest BCUT2D eigenvalue weighted by molar-refractivity contribution is 6.21. The molecule has 1 aliphatic rings. The molecule has 0 atom stereocenters. The standard InChI is InChI=1S/C74H60/c1-73(2,3)57-39-35-49(36-40-57)69-59-21-7-11-25-63(59)71(64-26-12-8-22-60(64)69)55-19-15-17-51(43-55)53-33-31-47-29-30-48-32-34-54(46-68(48)67(47)45-53)52-18-16-20-56(44-52)72-65-27-13-9-23-61(65)70(62-24-10-14-28-66(62)72)50-37-41-58(42-38-50)74(4,5)6/h7-13,15-27,29-46H,14,28H2,1-6H3. The maximum atomic E-state index is 2.43. The average Bonchev–Trinajstić information content (AvgIpc) is 3.44. The molecule has 12 aromatic carbocycles. The summed E-state index contributed by atoms with van der Waals surface area (Å²) >= 11 is 0. The minimum Gasteiger partial charge on any atom is -0.0836 e. The van der Waals surface area contributed by atoms with Gasteiger partial charge in [0.15, 0.2) is 0 Å². The van der Waals surface area contributed by atoms with Crippen molar-refractivity contribution in [3.63, 3.8) is 0 Å². The van der Waals surface area contributed by atoms with Crippen LogP contribution in [0.5, 0.6) is 0 Å². The summed E-state index contributed by atoms with van der Waals surface area (Å²) in [6, 6.07) is 82.7. The lowest BCUT2D eigenvalue weighted by Gasteiger charge is -2.25. The lowest BCUT2D eigenvalue weighted by atomic mass is 9.79. The summed E-state index contributed by atoms with van der Waals surface area (Å²) in [5.41, 5.74) is 20.8. The summed E-state index contributed by atoms with van der Waals surface area (Å²) in [7, 11) is 0. The highest BCUT2D eigenvalue weighted by Gasteiger charge is 2.24. The monoisotopic (exact) mass is 948 g/mol. The predicted molar refractivity (Wildman–Crippen MR) is 321 cm³/mol. The second-order valence-corrected chi connectivity index (χ2v) is 22.7. The minimum atomic E-state index is 0.0927. The first-order valence-electron chi connectivity index (χ1n) is 26.5. The van der Waals surface area contributed by atoms with Gasteiger partial charge in [0.05, 0.1) is 0 Å². The van der Waals surface area contributed by atoms with Gasteiger partial charge in [-0.15, -0.1) is 0 Å². The van der Waals surface area contributed by atoms with E-state index in [-0.39, 0.29) is 10.8 Å². The van der Waals surface area contributed by atoms with E-state index >= 15 is 0 Å². The van der Waals surface area contributed by atoms with Crippen LogP contribution < -0.4 is 0 Å². The predicted octanol–water partition coefficient (Wildman–Crippen LogP) is 21.0.